The maximum Gasteiger partial charge on any atom is 0.125 e. The molecule has 1 saturated heterocycles. The van der Waals surface area contributed by atoms with E-state index in [4.69, 9.17) is 14.7 Å². The van der Waals surface area contributed by atoms with Crippen molar-refractivity contribution in [2.75, 3.05) is 32.2 Å². The minimum atomic E-state index is -0.0643. The molecule has 130 valence electrons. The molecule has 0 radical (unpaired) electrons. The molecule has 0 spiro atoms. The van der Waals surface area contributed by atoms with E-state index in [0.717, 1.165) is 44.2 Å². The number of hydrogen-bond donors (Lipinski definition) is 1. The van der Waals surface area contributed by atoms with Crippen LogP contribution in [0.1, 0.15) is 29.5 Å². The van der Waals surface area contributed by atoms with E-state index in [9.17, 15) is 0 Å². The van der Waals surface area contributed by atoms with E-state index in [1.165, 1.54) is 11.1 Å². The zero-order valence-electron chi connectivity index (χ0n) is 14.7. The van der Waals surface area contributed by atoms with Gasteiger partial charge in [-0.3, -0.25) is 0 Å². The number of hydrogen-bond acceptors (Lipinski definition) is 5. The van der Waals surface area contributed by atoms with Crippen LogP contribution in [0.25, 0.3) is 0 Å². The van der Waals surface area contributed by atoms with E-state index in [1.807, 2.05) is 12.1 Å². The quantitative estimate of drug-likeness (QED) is 0.905. The summed E-state index contributed by atoms with van der Waals surface area (Å²) in [6.45, 7) is 4.32. The average Bonchev–Trinajstić information content (AvgIpc) is 2.67. The molecule has 1 aliphatic rings. The first-order valence-corrected chi connectivity index (χ1v) is 8.50. The highest BCUT2D eigenvalue weighted by Gasteiger charge is 2.37. The third kappa shape index (κ3) is 3.75. The Balaban J connectivity index is 1.88. The van der Waals surface area contributed by atoms with Gasteiger partial charge in [0.05, 0.1) is 12.7 Å². The molecule has 0 bridgehead atoms. The lowest BCUT2D eigenvalue weighted by Gasteiger charge is -2.39. The van der Waals surface area contributed by atoms with Crippen LogP contribution in [-0.2, 0) is 10.2 Å². The summed E-state index contributed by atoms with van der Waals surface area (Å²) in [5.41, 5.74) is 2.94. The monoisotopic (exact) mass is 337 g/mol. The Morgan fingerprint density at radius 1 is 1.28 bits per heavy atom. The number of benzene rings is 1. The number of nitrogens with one attached hydrogen (secondary N) is 1. The van der Waals surface area contributed by atoms with Gasteiger partial charge in [0.15, 0.2) is 0 Å². The topological polar surface area (TPSA) is 67.2 Å². The van der Waals surface area contributed by atoms with Gasteiger partial charge in [-0.2, -0.15) is 5.26 Å². The van der Waals surface area contributed by atoms with Gasteiger partial charge in [0.2, 0.25) is 0 Å². The first-order chi connectivity index (χ1) is 12.2. The minimum Gasteiger partial charge on any atom is -0.496 e. The zero-order chi connectivity index (χ0) is 17.7. The Morgan fingerprint density at radius 3 is 2.72 bits per heavy atom. The molecule has 2 aromatic rings. The number of ether oxygens (including phenoxy) is 2. The molecule has 1 aromatic carbocycles. The smallest absolute Gasteiger partial charge is 0.125 e. The Hall–Kier alpha value is -2.58. The largest absolute Gasteiger partial charge is 0.496 e. The highest BCUT2D eigenvalue weighted by molar-refractivity contribution is 5.46. The van der Waals surface area contributed by atoms with Gasteiger partial charge in [-0.15, -0.1) is 0 Å². The number of rotatable bonds is 5. The summed E-state index contributed by atoms with van der Waals surface area (Å²) in [7, 11) is 1.72. The Labute approximate surface area is 148 Å². The first kappa shape index (κ1) is 17.2. The van der Waals surface area contributed by atoms with Crippen LogP contribution in [-0.4, -0.2) is 31.9 Å². The third-order valence-electron chi connectivity index (χ3n) is 4.88. The summed E-state index contributed by atoms with van der Waals surface area (Å²) in [6.07, 6.45) is 3.44. The average molecular weight is 337 g/mol. The molecule has 1 aromatic heterocycles. The van der Waals surface area contributed by atoms with E-state index in [0.29, 0.717) is 5.56 Å². The Bertz CT molecular complexity index is 760. The molecule has 0 unspecified atom stereocenters. The van der Waals surface area contributed by atoms with Gasteiger partial charge in [-0.1, -0.05) is 17.7 Å². The fourth-order valence-corrected chi connectivity index (χ4v) is 3.36. The molecule has 1 N–H and O–H groups in total. The fraction of sp³-hybridized carbons (Fsp3) is 0.400. The number of anilines is 1. The molecule has 0 aliphatic carbocycles. The maximum atomic E-state index is 8.90. The fourth-order valence-electron chi connectivity index (χ4n) is 3.36. The number of nitrogens with zero attached hydrogens (tertiary/aromatic N) is 2. The highest BCUT2D eigenvalue weighted by Crippen LogP contribution is 2.40. The Kier molecular flexibility index (Phi) is 5.20. The van der Waals surface area contributed by atoms with Crippen LogP contribution in [0.4, 0.5) is 5.82 Å². The van der Waals surface area contributed by atoms with Crippen LogP contribution in [0, 0.1) is 18.3 Å². The van der Waals surface area contributed by atoms with Crippen LogP contribution < -0.4 is 10.1 Å². The molecule has 0 saturated carbocycles. The van der Waals surface area contributed by atoms with Crippen LogP contribution >= 0.6 is 0 Å². The van der Waals surface area contributed by atoms with E-state index >= 15 is 0 Å². The Morgan fingerprint density at radius 2 is 2.08 bits per heavy atom. The van der Waals surface area contributed by atoms with E-state index in [-0.39, 0.29) is 5.41 Å². The first-order valence-electron chi connectivity index (χ1n) is 8.50. The normalized spacial score (nSPS) is 16.0. The van der Waals surface area contributed by atoms with E-state index in [1.54, 1.807) is 19.4 Å². The van der Waals surface area contributed by atoms with Gasteiger partial charge >= 0.3 is 0 Å². The number of aromatic nitrogens is 1. The summed E-state index contributed by atoms with van der Waals surface area (Å²) in [5.74, 6) is 1.69. The van der Waals surface area contributed by atoms with Crippen molar-refractivity contribution in [3.8, 4) is 11.8 Å². The van der Waals surface area contributed by atoms with Crippen molar-refractivity contribution in [2.45, 2.75) is 25.2 Å². The summed E-state index contributed by atoms with van der Waals surface area (Å²) in [5, 5.41) is 12.3. The molecule has 0 amide bonds. The minimum absolute atomic E-state index is 0.0643. The number of aryl methyl sites for hydroxylation is 1. The van der Waals surface area contributed by atoms with Crippen molar-refractivity contribution < 1.29 is 9.47 Å². The molecule has 1 fully saturated rings. The lowest BCUT2D eigenvalue weighted by Crippen LogP contribution is -2.40. The maximum absolute atomic E-state index is 8.90. The van der Waals surface area contributed by atoms with Crippen molar-refractivity contribution >= 4 is 5.82 Å². The van der Waals surface area contributed by atoms with Gasteiger partial charge in [0, 0.05) is 36.9 Å². The SMILES string of the molecule is COc1ccc(C)cc1C1(CNc2ccc(C#N)cn2)CCOCC1. The molecule has 0 atom stereocenters. The second kappa shape index (κ2) is 7.54. The van der Waals surface area contributed by atoms with Gasteiger partial charge in [-0.25, -0.2) is 4.98 Å². The van der Waals surface area contributed by atoms with E-state index < -0.39 is 0 Å². The summed E-state index contributed by atoms with van der Waals surface area (Å²) in [4.78, 5) is 4.32. The summed E-state index contributed by atoms with van der Waals surface area (Å²) < 4.78 is 11.3. The van der Waals surface area contributed by atoms with Gasteiger partial charge in [0.25, 0.3) is 0 Å². The predicted molar refractivity (Wildman–Crippen MR) is 96.9 cm³/mol. The van der Waals surface area contributed by atoms with Crippen molar-refractivity contribution in [3.63, 3.8) is 0 Å². The second-order valence-corrected chi connectivity index (χ2v) is 6.49. The molecule has 25 heavy (non-hydrogen) atoms. The van der Waals surface area contributed by atoms with Crippen LogP contribution in [0.3, 0.4) is 0 Å². The van der Waals surface area contributed by atoms with Crippen LogP contribution in [0.5, 0.6) is 5.75 Å². The molecular weight excluding hydrogens is 314 g/mol. The second-order valence-electron chi connectivity index (χ2n) is 6.49. The van der Waals surface area contributed by atoms with Crippen LogP contribution in [0.15, 0.2) is 36.5 Å². The standard InChI is InChI=1S/C20H23N3O2/c1-15-3-5-18(24-2)17(11-15)20(7-9-25-10-8-20)14-23-19-6-4-16(12-21)13-22-19/h3-6,11,13H,7-10,14H2,1-2H3,(H,22,23). The number of nitriles is 1. The van der Waals surface area contributed by atoms with Gasteiger partial charge in [0.1, 0.15) is 17.6 Å². The van der Waals surface area contributed by atoms with Crippen molar-refractivity contribution in [2.24, 2.45) is 0 Å². The molecule has 1 aliphatic heterocycles. The number of pyridine rings is 1. The lowest BCUT2D eigenvalue weighted by molar-refractivity contribution is 0.0535. The van der Waals surface area contributed by atoms with Gasteiger partial charge < -0.3 is 14.8 Å². The highest BCUT2D eigenvalue weighted by atomic mass is 16.5. The predicted octanol–water partition coefficient (Wildman–Crippen LogP) is 3.43. The molecular formula is C20H23N3O2. The summed E-state index contributed by atoms with van der Waals surface area (Å²) >= 11 is 0. The summed E-state index contributed by atoms with van der Waals surface area (Å²) in [6, 6.07) is 12.1. The lowest BCUT2D eigenvalue weighted by atomic mass is 9.73. The third-order valence-corrected chi connectivity index (χ3v) is 4.88. The van der Waals surface area contributed by atoms with Crippen molar-refractivity contribution in [3.05, 3.63) is 53.2 Å². The molecule has 2 heterocycles. The van der Waals surface area contributed by atoms with Crippen LogP contribution in [0.2, 0.25) is 0 Å². The molecule has 5 nitrogen and oxygen atoms in total. The molecule has 5 heteroatoms. The number of methoxy groups -OCH3 is 1. The molecule has 3 rings (SSSR count). The zero-order valence-corrected chi connectivity index (χ0v) is 14.7. The van der Waals surface area contributed by atoms with Crippen molar-refractivity contribution in [1.29, 1.82) is 5.26 Å². The van der Waals surface area contributed by atoms with Crippen molar-refractivity contribution in [1.82, 2.24) is 4.98 Å². The van der Waals surface area contributed by atoms with Gasteiger partial charge in [-0.05, 0) is 38.0 Å². The van der Waals surface area contributed by atoms with E-state index in [2.05, 4.69) is 35.4 Å².